The highest BCUT2D eigenvalue weighted by atomic mass is 35.5. The Morgan fingerprint density at radius 3 is 2.74 bits per heavy atom. The SMILES string of the molecule is CN(C(=O)/C=C/c1ccccc1Cl)C1CCNCC1. The molecule has 0 saturated carbocycles. The first-order valence-electron chi connectivity index (χ1n) is 6.58. The minimum absolute atomic E-state index is 0.0341. The Morgan fingerprint density at radius 1 is 1.37 bits per heavy atom. The zero-order valence-electron chi connectivity index (χ0n) is 11.1. The summed E-state index contributed by atoms with van der Waals surface area (Å²) in [6.07, 6.45) is 5.41. The molecule has 0 radical (unpaired) electrons. The molecule has 0 atom stereocenters. The lowest BCUT2D eigenvalue weighted by atomic mass is 10.1. The predicted octanol–water partition coefficient (Wildman–Crippen LogP) is 2.56. The maximum atomic E-state index is 12.1. The second kappa shape index (κ2) is 6.73. The van der Waals surface area contributed by atoms with Gasteiger partial charge in [0.1, 0.15) is 0 Å². The molecule has 0 aliphatic carbocycles. The molecule has 1 heterocycles. The van der Waals surface area contributed by atoms with E-state index in [0.29, 0.717) is 11.1 Å². The van der Waals surface area contributed by atoms with E-state index in [2.05, 4.69) is 5.32 Å². The normalized spacial score (nSPS) is 16.7. The first-order chi connectivity index (χ1) is 9.18. The lowest BCUT2D eigenvalue weighted by molar-refractivity contribution is -0.127. The van der Waals surface area contributed by atoms with Gasteiger partial charge in [0.05, 0.1) is 0 Å². The van der Waals surface area contributed by atoms with E-state index < -0.39 is 0 Å². The Labute approximate surface area is 119 Å². The molecule has 0 aromatic heterocycles. The van der Waals surface area contributed by atoms with Crippen molar-refractivity contribution in [1.29, 1.82) is 0 Å². The van der Waals surface area contributed by atoms with Gasteiger partial charge in [-0.2, -0.15) is 0 Å². The maximum Gasteiger partial charge on any atom is 0.246 e. The third-order valence-corrected chi connectivity index (χ3v) is 3.86. The molecule has 4 heteroatoms. The van der Waals surface area contributed by atoms with Crippen molar-refractivity contribution in [2.75, 3.05) is 20.1 Å². The summed E-state index contributed by atoms with van der Waals surface area (Å²) in [6.45, 7) is 1.97. The van der Waals surface area contributed by atoms with Gasteiger partial charge < -0.3 is 10.2 Å². The first kappa shape index (κ1) is 14.1. The number of hydrogen-bond acceptors (Lipinski definition) is 2. The Kier molecular flexibility index (Phi) is 5.00. The molecule has 1 aromatic carbocycles. The minimum atomic E-state index is 0.0341. The molecule has 102 valence electrons. The number of rotatable bonds is 3. The molecule has 1 saturated heterocycles. The van der Waals surface area contributed by atoms with E-state index in [9.17, 15) is 4.79 Å². The highest BCUT2D eigenvalue weighted by Gasteiger charge is 2.20. The Morgan fingerprint density at radius 2 is 2.05 bits per heavy atom. The summed E-state index contributed by atoms with van der Waals surface area (Å²) in [4.78, 5) is 13.9. The fraction of sp³-hybridized carbons (Fsp3) is 0.400. The largest absolute Gasteiger partial charge is 0.339 e. The summed E-state index contributed by atoms with van der Waals surface area (Å²) >= 11 is 6.05. The van der Waals surface area contributed by atoms with Crippen molar-refractivity contribution in [2.45, 2.75) is 18.9 Å². The van der Waals surface area contributed by atoms with E-state index in [1.807, 2.05) is 36.2 Å². The van der Waals surface area contributed by atoms with E-state index in [1.165, 1.54) is 0 Å². The second-order valence-corrected chi connectivity index (χ2v) is 5.19. The number of halogens is 1. The van der Waals surface area contributed by atoms with Crippen molar-refractivity contribution in [2.24, 2.45) is 0 Å². The van der Waals surface area contributed by atoms with E-state index in [-0.39, 0.29) is 5.91 Å². The van der Waals surface area contributed by atoms with Crippen LogP contribution in [0.5, 0.6) is 0 Å². The van der Waals surface area contributed by atoms with Crippen LogP contribution in [-0.2, 0) is 4.79 Å². The van der Waals surface area contributed by atoms with E-state index in [1.54, 1.807) is 12.2 Å². The number of hydrogen-bond donors (Lipinski definition) is 1. The van der Waals surface area contributed by atoms with Crippen LogP contribution in [0.3, 0.4) is 0 Å². The van der Waals surface area contributed by atoms with E-state index in [4.69, 9.17) is 11.6 Å². The number of nitrogens with one attached hydrogen (secondary N) is 1. The molecular weight excluding hydrogens is 260 g/mol. The van der Waals surface area contributed by atoms with Gasteiger partial charge in [0.2, 0.25) is 5.91 Å². The average Bonchev–Trinajstić information content (AvgIpc) is 2.46. The number of amides is 1. The van der Waals surface area contributed by atoms with Gasteiger partial charge in [0.15, 0.2) is 0 Å². The highest BCUT2D eigenvalue weighted by Crippen LogP contribution is 2.17. The maximum absolute atomic E-state index is 12.1. The molecule has 2 rings (SSSR count). The molecule has 1 aliphatic rings. The second-order valence-electron chi connectivity index (χ2n) is 4.79. The van der Waals surface area contributed by atoms with Crippen molar-refractivity contribution >= 4 is 23.6 Å². The van der Waals surface area contributed by atoms with Crippen molar-refractivity contribution in [3.63, 3.8) is 0 Å². The van der Waals surface area contributed by atoms with Crippen LogP contribution < -0.4 is 5.32 Å². The zero-order chi connectivity index (χ0) is 13.7. The van der Waals surface area contributed by atoms with Crippen molar-refractivity contribution < 1.29 is 4.79 Å². The molecule has 1 N–H and O–H groups in total. The van der Waals surface area contributed by atoms with Gasteiger partial charge in [-0.1, -0.05) is 29.8 Å². The van der Waals surface area contributed by atoms with Crippen LogP contribution in [0.4, 0.5) is 0 Å². The summed E-state index contributed by atoms with van der Waals surface area (Å²) < 4.78 is 0. The zero-order valence-corrected chi connectivity index (χ0v) is 11.9. The smallest absolute Gasteiger partial charge is 0.246 e. The monoisotopic (exact) mass is 278 g/mol. The molecule has 0 spiro atoms. The van der Waals surface area contributed by atoms with Gasteiger partial charge in [-0.05, 0) is 43.6 Å². The average molecular weight is 279 g/mol. The predicted molar refractivity (Wildman–Crippen MR) is 79.1 cm³/mol. The van der Waals surface area contributed by atoms with Gasteiger partial charge in [0, 0.05) is 24.2 Å². The number of likely N-dealkylation sites (N-methyl/N-ethyl adjacent to an activating group) is 1. The van der Waals surface area contributed by atoms with Crippen LogP contribution >= 0.6 is 11.6 Å². The van der Waals surface area contributed by atoms with Crippen LogP contribution in [-0.4, -0.2) is 37.0 Å². The van der Waals surface area contributed by atoms with Crippen LogP contribution in [0.2, 0.25) is 5.02 Å². The summed E-state index contributed by atoms with van der Waals surface area (Å²) in [5, 5.41) is 3.96. The van der Waals surface area contributed by atoms with Gasteiger partial charge >= 0.3 is 0 Å². The molecule has 1 fully saturated rings. The van der Waals surface area contributed by atoms with Crippen molar-refractivity contribution in [3.8, 4) is 0 Å². The standard InChI is InChI=1S/C15H19ClN2O/c1-18(13-8-10-17-11-9-13)15(19)7-6-12-4-2-3-5-14(12)16/h2-7,13,17H,8-11H2,1H3/b7-6+. The summed E-state index contributed by atoms with van der Waals surface area (Å²) in [5.74, 6) is 0.0341. The van der Waals surface area contributed by atoms with Crippen LogP contribution in [0.15, 0.2) is 30.3 Å². The van der Waals surface area contributed by atoms with Crippen molar-refractivity contribution in [3.05, 3.63) is 40.9 Å². The van der Waals surface area contributed by atoms with Gasteiger partial charge in [-0.15, -0.1) is 0 Å². The van der Waals surface area contributed by atoms with Crippen LogP contribution in [0, 0.1) is 0 Å². The van der Waals surface area contributed by atoms with Gasteiger partial charge in [-0.25, -0.2) is 0 Å². The van der Waals surface area contributed by atoms with E-state index in [0.717, 1.165) is 31.5 Å². The summed E-state index contributed by atoms with van der Waals surface area (Å²) in [5.41, 5.74) is 0.872. The third-order valence-electron chi connectivity index (χ3n) is 3.51. The number of carbonyl (C=O) groups is 1. The Balaban J connectivity index is 1.98. The first-order valence-corrected chi connectivity index (χ1v) is 6.96. The van der Waals surface area contributed by atoms with Crippen LogP contribution in [0.25, 0.3) is 6.08 Å². The fourth-order valence-corrected chi connectivity index (χ4v) is 2.46. The molecule has 19 heavy (non-hydrogen) atoms. The molecule has 0 unspecified atom stereocenters. The summed E-state index contributed by atoms with van der Waals surface area (Å²) in [6, 6.07) is 7.85. The third kappa shape index (κ3) is 3.82. The number of carbonyl (C=O) groups excluding carboxylic acids is 1. The summed E-state index contributed by atoms with van der Waals surface area (Å²) in [7, 11) is 1.87. The number of nitrogens with zero attached hydrogens (tertiary/aromatic N) is 1. The molecule has 1 amide bonds. The van der Waals surface area contributed by atoms with Crippen LogP contribution in [0.1, 0.15) is 18.4 Å². The molecule has 3 nitrogen and oxygen atoms in total. The number of piperidine rings is 1. The quantitative estimate of drug-likeness (QED) is 0.862. The van der Waals surface area contributed by atoms with Gasteiger partial charge in [0.25, 0.3) is 0 Å². The van der Waals surface area contributed by atoms with Crippen molar-refractivity contribution in [1.82, 2.24) is 10.2 Å². The molecule has 0 bridgehead atoms. The van der Waals surface area contributed by atoms with Gasteiger partial charge in [-0.3, -0.25) is 4.79 Å². The highest BCUT2D eigenvalue weighted by molar-refractivity contribution is 6.32. The topological polar surface area (TPSA) is 32.3 Å². The molecular formula is C15H19ClN2O. The molecule has 1 aromatic rings. The van der Waals surface area contributed by atoms with E-state index >= 15 is 0 Å². The number of benzene rings is 1. The Bertz CT molecular complexity index is 467. The molecule has 1 aliphatic heterocycles. The lowest BCUT2D eigenvalue weighted by Gasteiger charge is -2.30. The lowest BCUT2D eigenvalue weighted by Crippen LogP contribution is -2.43. The fourth-order valence-electron chi connectivity index (χ4n) is 2.26. The Hall–Kier alpha value is -1.32. The minimum Gasteiger partial charge on any atom is -0.339 e.